The van der Waals surface area contributed by atoms with Crippen LogP contribution in [0.4, 0.5) is 0 Å². The minimum Gasteiger partial charge on any atom is -0.294 e. The van der Waals surface area contributed by atoms with Crippen LogP contribution >= 0.6 is 0 Å². The highest BCUT2D eigenvalue weighted by atomic mass is 16.1. The van der Waals surface area contributed by atoms with Crippen LogP contribution in [0.15, 0.2) is 37.1 Å². The zero-order valence-electron chi connectivity index (χ0n) is 9.60. The van der Waals surface area contributed by atoms with Crippen LogP contribution in [-0.4, -0.2) is 10.8 Å². The summed E-state index contributed by atoms with van der Waals surface area (Å²) in [4.78, 5) is 15.6. The summed E-state index contributed by atoms with van der Waals surface area (Å²) in [5.41, 5.74) is 2.22. The lowest BCUT2D eigenvalue weighted by Crippen LogP contribution is -1.99. The number of allylic oxidation sites excluding steroid dienone is 3. The van der Waals surface area contributed by atoms with E-state index in [1.165, 1.54) is 0 Å². The van der Waals surface area contributed by atoms with E-state index >= 15 is 0 Å². The van der Waals surface area contributed by atoms with Gasteiger partial charge >= 0.3 is 0 Å². The standard InChI is InChI=1S/C14H15NO/c1-4-6-7-8-13-12(11(3)16)9-10-15-14(13)5-2/h4-10H,2H2,1,3H3/b6-4-,8-7-. The van der Waals surface area contributed by atoms with Gasteiger partial charge in [0.15, 0.2) is 5.78 Å². The molecule has 0 atom stereocenters. The molecule has 0 fully saturated rings. The van der Waals surface area contributed by atoms with Crippen molar-refractivity contribution in [1.82, 2.24) is 4.98 Å². The maximum absolute atomic E-state index is 11.5. The van der Waals surface area contributed by atoms with E-state index < -0.39 is 0 Å². The van der Waals surface area contributed by atoms with Crippen molar-refractivity contribution in [3.63, 3.8) is 0 Å². The smallest absolute Gasteiger partial charge is 0.160 e. The Labute approximate surface area is 96.0 Å². The Kier molecular flexibility index (Phi) is 4.40. The van der Waals surface area contributed by atoms with Crippen LogP contribution in [0.5, 0.6) is 0 Å². The quantitative estimate of drug-likeness (QED) is 0.566. The van der Waals surface area contributed by atoms with Crippen molar-refractivity contribution >= 4 is 17.9 Å². The molecule has 1 rings (SSSR count). The number of pyridine rings is 1. The number of ketones is 1. The van der Waals surface area contributed by atoms with Crippen molar-refractivity contribution in [2.24, 2.45) is 0 Å². The number of carbonyl (C=O) groups is 1. The van der Waals surface area contributed by atoms with Gasteiger partial charge < -0.3 is 0 Å². The van der Waals surface area contributed by atoms with E-state index in [0.29, 0.717) is 5.56 Å². The van der Waals surface area contributed by atoms with Crippen molar-refractivity contribution in [3.8, 4) is 0 Å². The maximum Gasteiger partial charge on any atom is 0.160 e. The fraction of sp³-hybridized carbons (Fsp3) is 0.143. The van der Waals surface area contributed by atoms with Crippen LogP contribution in [0.3, 0.4) is 0 Å². The highest BCUT2D eigenvalue weighted by Gasteiger charge is 2.07. The first-order valence-electron chi connectivity index (χ1n) is 5.12. The second kappa shape index (κ2) is 5.81. The summed E-state index contributed by atoms with van der Waals surface area (Å²) >= 11 is 0. The summed E-state index contributed by atoms with van der Waals surface area (Å²) < 4.78 is 0. The predicted octanol–water partition coefficient (Wildman–Crippen LogP) is 3.52. The highest BCUT2D eigenvalue weighted by molar-refractivity contribution is 5.98. The van der Waals surface area contributed by atoms with Gasteiger partial charge in [0.2, 0.25) is 0 Å². The lowest BCUT2D eigenvalue weighted by Gasteiger charge is -2.04. The van der Waals surface area contributed by atoms with Gasteiger partial charge in [-0.15, -0.1) is 0 Å². The lowest BCUT2D eigenvalue weighted by molar-refractivity contribution is 0.101. The summed E-state index contributed by atoms with van der Waals surface area (Å²) in [6.45, 7) is 7.18. The third kappa shape index (κ3) is 2.76. The van der Waals surface area contributed by atoms with Gasteiger partial charge in [0.25, 0.3) is 0 Å². The second-order valence-corrected chi connectivity index (χ2v) is 3.30. The van der Waals surface area contributed by atoms with Gasteiger partial charge in [0.1, 0.15) is 0 Å². The zero-order chi connectivity index (χ0) is 12.0. The second-order valence-electron chi connectivity index (χ2n) is 3.30. The molecule has 0 aliphatic heterocycles. The monoisotopic (exact) mass is 213 g/mol. The summed E-state index contributed by atoms with van der Waals surface area (Å²) in [6, 6.07) is 1.73. The topological polar surface area (TPSA) is 30.0 Å². The van der Waals surface area contributed by atoms with Crippen LogP contribution in [0.1, 0.15) is 35.5 Å². The van der Waals surface area contributed by atoms with Crippen molar-refractivity contribution in [1.29, 1.82) is 0 Å². The van der Waals surface area contributed by atoms with E-state index in [4.69, 9.17) is 0 Å². The molecule has 1 aromatic rings. The van der Waals surface area contributed by atoms with E-state index in [-0.39, 0.29) is 5.78 Å². The molecule has 16 heavy (non-hydrogen) atoms. The Hall–Kier alpha value is -1.96. The van der Waals surface area contributed by atoms with Crippen molar-refractivity contribution in [2.45, 2.75) is 13.8 Å². The van der Waals surface area contributed by atoms with Gasteiger partial charge in [0, 0.05) is 17.3 Å². The molecule has 0 amide bonds. The summed E-state index contributed by atoms with van der Waals surface area (Å²) in [5.74, 6) is 0.0330. The van der Waals surface area contributed by atoms with Crippen LogP contribution < -0.4 is 0 Å². The first kappa shape index (κ1) is 12.1. The van der Waals surface area contributed by atoms with Crippen molar-refractivity contribution in [3.05, 3.63) is 53.9 Å². The molecule has 0 aliphatic carbocycles. The number of Topliss-reactive ketones (excluding diaryl/α,β-unsaturated/α-hetero) is 1. The predicted molar refractivity (Wildman–Crippen MR) is 68.2 cm³/mol. The average molecular weight is 213 g/mol. The van der Waals surface area contributed by atoms with Crippen molar-refractivity contribution < 1.29 is 4.79 Å². The van der Waals surface area contributed by atoms with Gasteiger partial charge in [-0.3, -0.25) is 9.78 Å². The molecule has 2 nitrogen and oxygen atoms in total. The lowest BCUT2D eigenvalue weighted by atomic mass is 10.0. The van der Waals surface area contributed by atoms with Crippen LogP contribution in [-0.2, 0) is 0 Å². The molecule has 0 saturated carbocycles. The zero-order valence-corrected chi connectivity index (χ0v) is 9.60. The maximum atomic E-state index is 11.5. The molecule has 1 aromatic heterocycles. The van der Waals surface area contributed by atoms with Gasteiger partial charge in [-0.2, -0.15) is 0 Å². The minimum atomic E-state index is 0.0330. The SMILES string of the molecule is C=Cc1nccc(C(C)=O)c1/C=C\C=C/C. The Morgan fingerprint density at radius 1 is 1.44 bits per heavy atom. The molecule has 1 heterocycles. The first-order valence-corrected chi connectivity index (χ1v) is 5.12. The van der Waals surface area contributed by atoms with Crippen LogP contribution in [0.25, 0.3) is 12.2 Å². The minimum absolute atomic E-state index is 0.0330. The average Bonchev–Trinajstić information content (AvgIpc) is 2.29. The summed E-state index contributed by atoms with van der Waals surface area (Å²) in [7, 11) is 0. The van der Waals surface area contributed by atoms with Crippen molar-refractivity contribution in [2.75, 3.05) is 0 Å². The first-order chi connectivity index (χ1) is 7.70. The van der Waals surface area contributed by atoms with Crippen LogP contribution in [0, 0.1) is 0 Å². The number of hydrogen-bond donors (Lipinski definition) is 0. The molecule has 82 valence electrons. The normalized spacial score (nSPS) is 11.1. The number of carbonyl (C=O) groups excluding carboxylic acids is 1. The number of aromatic nitrogens is 1. The molecule has 0 N–H and O–H groups in total. The largest absolute Gasteiger partial charge is 0.294 e. The van der Waals surface area contributed by atoms with Gasteiger partial charge in [-0.1, -0.05) is 30.9 Å². The third-order valence-electron chi connectivity index (χ3n) is 2.16. The van der Waals surface area contributed by atoms with Crippen LogP contribution in [0.2, 0.25) is 0 Å². The van der Waals surface area contributed by atoms with Gasteiger partial charge in [-0.05, 0) is 26.0 Å². The molecule has 0 bridgehead atoms. The van der Waals surface area contributed by atoms with E-state index in [1.54, 1.807) is 25.3 Å². The van der Waals surface area contributed by atoms with E-state index in [2.05, 4.69) is 11.6 Å². The molecular formula is C14H15NO. The molecule has 0 aliphatic rings. The van der Waals surface area contributed by atoms with E-state index in [1.807, 2.05) is 31.2 Å². The van der Waals surface area contributed by atoms with E-state index in [9.17, 15) is 4.79 Å². The number of hydrogen-bond acceptors (Lipinski definition) is 2. The number of nitrogens with zero attached hydrogens (tertiary/aromatic N) is 1. The molecule has 0 unspecified atom stereocenters. The molecule has 0 spiro atoms. The fourth-order valence-corrected chi connectivity index (χ4v) is 1.40. The Bertz CT molecular complexity index is 456. The van der Waals surface area contributed by atoms with Gasteiger partial charge in [0.05, 0.1) is 5.69 Å². The fourth-order valence-electron chi connectivity index (χ4n) is 1.40. The molecule has 0 saturated heterocycles. The third-order valence-corrected chi connectivity index (χ3v) is 2.16. The highest BCUT2D eigenvalue weighted by Crippen LogP contribution is 2.16. The molecular weight excluding hydrogens is 198 g/mol. The Morgan fingerprint density at radius 3 is 2.75 bits per heavy atom. The molecule has 2 heteroatoms. The molecule has 0 aromatic carbocycles. The van der Waals surface area contributed by atoms with Gasteiger partial charge in [-0.25, -0.2) is 0 Å². The molecule has 0 radical (unpaired) electrons. The van der Waals surface area contributed by atoms with E-state index in [0.717, 1.165) is 11.3 Å². The summed E-state index contributed by atoms with van der Waals surface area (Å²) in [6.07, 6.45) is 10.9. The number of rotatable bonds is 4. The Balaban J connectivity index is 3.30. The summed E-state index contributed by atoms with van der Waals surface area (Å²) in [5, 5.41) is 0. The Morgan fingerprint density at radius 2 is 2.19 bits per heavy atom.